The second-order valence-electron chi connectivity index (χ2n) is 5.09. The normalized spacial score (nSPS) is 22.7. The number of hydrogen-bond acceptors (Lipinski definition) is 4. The van der Waals surface area contributed by atoms with Crippen LogP contribution in [0.2, 0.25) is 0 Å². The molecule has 1 saturated carbocycles. The standard InChI is InChI=1S/C13H18N2O3S/c1-8-7-10(16)15-13(14-8)19-11(12(17)18)9-5-3-2-4-6-9/h9,11H,2-7H2,1H3,(H,17,18). The predicted octanol–water partition coefficient (Wildman–Crippen LogP) is 2.50. The molecule has 104 valence electrons. The third-order valence-corrected chi connectivity index (χ3v) is 4.70. The van der Waals surface area contributed by atoms with E-state index in [4.69, 9.17) is 0 Å². The van der Waals surface area contributed by atoms with Crippen LogP contribution < -0.4 is 0 Å². The fourth-order valence-corrected chi connectivity index (χ4v) is 3.70. The van der Waals surface area contributed by atoms with E-state index in [0.29, 0.717) is 10.9 Å². The first-order valence-corrected chi connectivity index (χ1v) is 7.49. The maximum absolute atomic E-state index is 11.4. The Kier molecular flexibility index (Phi) is 4.74. The van der Waals surface area contributed by atoms with Crippen LogP contribution >= 0.6 is 11.8 Å². The molecule has 1 aliphatic heterocycles. The number of carbonyl (C=O) groups excluding carboxylic acids is 1. The van der Waals surface area contributed by atoms with Crippen LogP contribution in [0.3, 0.4) is 0 Å². The highest BCUT2D eigenvalue weighted by molar-refractivity contribution is 8.15. The lowest BCUT2D eigenvalue weighted by atomic mass is 9.87. The summed E-state index contributed by atoms with van der Waals surface area (Å²) in [5.74, 6) is -0.903. The molecule has 2 rings (SSSR count). The average molecular weight is 282 g/mol. The number of aliphatic carboxylic acids is 1. The SMILES string of the molecule is CC1=NC(SC(C(=O)O)C2CCCCC2)=NC(=O)C1. The molecule has 0 aromatic rings. The van der Waals surface area contributed by atoms with Crippen LogP contribution in [0.25, 0.3) is 0 Å². The van der Waals surface area contributed by atoms with Gasteiger partial charge in [0.05, 0.1) is 6.42 Å². The minimum absolute atomic E-state index is 0.159. The zero-order valence-corrected chi connectivity index (χ0v) is 11.8. The molecule has 19 heavy (non-hydrogen) atoms. The lowest BCUT2D eigenvalue weighted by Gasteiger charge is -2.26. The number of amides is 1. The Hall–Kier alpha value is -1.17. The van der Waals surface area contributed by atoms with Gasteiger partial charge in [0.1, 0.15) is 5.25 Å². The number of carboxylic acids is 1. The van der Waals surface area contributed by atoms with Crippen LogP contribution in [0.4, 0.5) is 0 Å². The first-order valence-electron chi connectivity index (χ1n) is 6.61. The number of rotatable bonds is 3. The van der Waals surface area contributed by atoms with E-state index in [1.165, 1.54) is 6.42 Å². The molecule has 1 unspecified atom stereocenters. The van der Waals surface area contributed by atoms with Crippen molar-refractivity contribution in [3.8, 4) is 0 Å². The number of thioether (sulfide) groups is 1. The molecule has 1 N–H and O–H groups in total. The Labute approximate surface area is 116 Å². The molecule has 0 saturated heterocycles. The van der Waals surface area contributed by atoms with Gasteiger partial charge in [-0.3, -0.25) is 9.59 Å². The van der Waals surface area contributed by atoms with Crippen molar-refractivity contribution in [1.29, 1.82) is 0 Å². The minimum Gasteiger partial charge on any atom is -0.480 e. The van der Waals surface area contributed by atoms with Crippen LogP contribution in [0.1, 0.15) is 45.4 Å². The Morgan fingerprint density at radius 2 is 2.00 bits per heavy atom. The first-order chi connectivity index (χ1) is 9.06. The molecule has 0 aromatic carbocycles. The molecule has 1 atom stereocenters. The molecule has 5 nitrogen and oxygen atoms in total. The summed E-state index contributed by atoms with van der Waals surface area (Å²) in [6.45, 7) is 1.77. The van der Waals surface area contributed by atoms with Gasteiger partial charge in [0.25, 0.3) is 5.91 Å². The Balaban J connectivity index is 2.08. The first kappa shape index (κ1) is 14.2. The van der Waals surface area contributed by atoms with Crippen molar-refractivity contribution in [1.82, 2.24) is 0 Å². The molecule has 0 spiro atoms. The fraction of sp³-hybridized carbons (Fsp3) is 0.692. The van der Waals surface area contributed by atoms with Gasteiger partial charge in [-0.05, 0) is 25.7 Å². The van der Waals surface area contributed by atoms with Gasteiger partial charge in [-0.1, -0.05) is 31.0 Å². The molecular weight excluding hydrogens is 264 g/mol. The maximum Gasteiger partial charge on any atom is 0.317 e. The van der Waals surface area contributed by atoms with E-state index >= 15 is 0 Å². The van der Waals surface area contributed by atoms with Crippen molar-refractivity contribution in [2.45, 2.75) is 50.7 Å². The van der Waals surface area contributed by atoms with Crippen molar-refractivity contribution < 1.29 is 14.7 Å². The quantitative estimate of drug-likeness (QED) is 0.862. The predicted molar refractivity (Wildman–Crippen MR) is 75.8 cm³/mol. The summed E-state index contributed by atoms with van der Waals surface area (Å²) in [7, 11) is 0. The summed E-state index contributed by atoms with van der Waals surface area (Å²) in [4.78, 5) is 30.8. The summed E-state index contributed by atoms with van der Waals surface area (Å²) < 4.78 is 0. The highest BCUT2D eigenvalue weighted by Crippen LogP contribution is 2.34. The van der Waals surface area contributed by atoms with Crippen LogP contribution in [0.5, 0.6) is 0 Å². The van der Waals surface area contributed by atoms with Gasteiger partial charge >= 0.3 is 5.97 Å². The van der Waals surface area contributed by atoms with Crippen molar-refractivity contribution in [2.24, 2.45) is 15.9 Å². The number of nitrogens with zero attached hydrogens (tertiary/aromatic N) is 2. The number of carboxylic acid groups (broad SMARTS) is 1. The maximum atomic E-state index is 11.4. The number of hydrogen-bond donors (Lipinski definition) is 1. The second-order valence-corrected chi connectivity index (χ2v) is 6.20. The summed E-state index contributed by atoms with van der Waals surface area (Å²) in [6.07, 6.45) is 5.47. The van der Waals surface area contributed by atoms with Gasteiger partial charge in [-0.25, -0.2) is 4.99 Å². The fourth-order valence-electron chi connectivity index (χ4n) is 2.54. The molecule has 6 heteroatoms. The van der Waals surface area contributed by atoms with E-state index in [9.17, 15) is 14.7 Å². The molecule has 0 aromatic heterocycles. The molecule has 1 heterocycles. The number of amidine groups is 1. The van der Waals surface area contributed by atoms with Crippen LogP contribution in [0, 0.1) is 5.92 Å². The molecule has 0 bridgehead atoms. The smallest absolute Gasteiger partial charge is 0.317 e. The van der Waals surface area contributed by atoms with E-state index in [1.807, 2.05) is 0 Å². The van der Waals surface area contributed by atoms with Crippen molar-refractivity contribution >= 4 is 34.5 Å². The average Bonchev–Trinajstić information content (AvgIpc) is 2.35. The molecule has 1 aliphatic carbocycles. The summed E-state index contributed by atoms with van der Waals surface area (Å²) in [5.41, 5.74) is 0.704. The largest absolute Gasteiger partial charge is 0.480 e. The zero-order valence-electron chi connectivity index (χ0n) is 11.0. The topological polar surface area (TPSA) is 79.1 Å². The van der Waals surface area contributed by atoms with Gasteiger partial charge in [0, 0.05) is 5.71 Å². The third-order valence-electron chi connectivity index (χ3n) is 3.47. The van der Waals surface area contributed by atoms with E-state index in [2.05, 4.69) is 9.98 Å². The van der Waals surface area contributed by atoms with Crippen LogP contribution in [0.15, 0.2) is 9.98 Å². The Bertz CT molecular complexity index is 439. The summed E-state index contributed by atoms with van der Waals surface area (Å²) in [5, 5.41) is 9.15. The zero-order chi connectivity index (χ0) is 13.8. The monoisotopic (exact) mass is 282 g/mol. The van der Waals surface area contributed by atoms with E-state index < -0.39 is 11.2 Å². The van der Waals surface area contributed by atoms with Crippen LogP contribution in [-0.2, 0) is 9.59 Å². The van der Waals surface area contributed by atoms with Gasteiger partial charge in [-0.15, -0.1) is 0 Å². The van der Waals surface area contributed by atoms with Crippen molar-refractivity contribution in [2.75, 3.05) is 0 Å². The van der Waals surface area contributed by atoms with Gasteiger partial charge in [0.2, 0.25) is 0 Å². The number of aliphatic imine (C=N–C) groups is 2. The molecule has 0 radical (unpaired) electrons. The van der Waals surface area contributed by atoms with Gasteiger partial charge < -0.3 is 5.11 Å². The second kappa shape index (κ2) is 6.32. The van der Waals surface area contributed by atoms with Gasteiger partial charge in [0.15, 0.2) is 5.17 Å². The third kappa shape index (κ3) is 3.89. The lowest BCUT2D eigenvalue weighted by molar-refractivity contribution is -0.137. The molecule has 2 aliphatic rings. The lowest BCUT2D eigenvalue weighted by Crippen LogP contribution is -2.30. The van der Waals surface area contributed by atoms with Gasteiger partial charge in [-0.2, -0.15) is 4.99 Å². The highest BCUT2D eigenvalue weighted by atomic mass is 32.2. The van der Waals surface area contributed by atoms with E-state index in [-0.39, 0.29) is 18.2 Å². The van der Waals surface area contributed by atoms with Crippen LogP contribution in [-0.4, -0.2) is 33.1 Å². The minimum atomic E-state index is -0.828. The highest BCUT2D eigenvalue weighted by Gasteiger charge is 2.32. The van der Waals surface area contributed by atoms with Crippen molar-refractivity contribution in [3.05, 3.63) is 0 Å². The molecule has 1 fully saturated rings. The Morgan fingerprint density at radius 1 is 1.32 bits per heavy atom. The molecule has 1 amide bonds. The summed E-state index contributed by atoms with van der Waals surface area (Å²) >= 11 is 1.13. The molecular formula is C13H18N2O3S. The summed E-state index contributed by atoms with van der Waals surface area (Å²) in [6, 6.07) is 0. The van der Waals surface area contributed by atoms with Crippen molar-refractivity contribution in [3.63, 3.8) is 0 Å². The van der Waals surface area contributed by atoms with E-state index in [0.717, 1.165) is 37.4 Å². The van der Waals surface area contributed by atoms with E-state index in [1.54, 1.807) is 6.92 Å². The Morgan fingerprint density at radius 3 is 2.58 bits per heavy atom. The number of carbonyl (C=O) groups is 2.